The van der Waals surface area contributed by atoms with Crippen molar-refractivity contribution in [2.45, 2.75) is 46.0 Å². The molecule has 1 aliphatic carbocycles. The molecule has 1 heterocycles. The van der Waals surface area contributed by atoms with E-state index in [1.807, 2.05) is 6.20 Å². The van der Waals surface area contributed by atoms with Gasteiger partial charge in [-0.05, 0) is 49.1 Å². The summed E-state index contributed by atoms with van der Waals surface area (Å²) < 4.78 is 0. The highest BCUT2D eigenvalue weighted by Crippen LogP contribution is 2.31. The Kier molecular flexibility index (Phi) is 2.53. The van der Waals surface area contributed by atoms with Crippen LogP contribution in [0.15, 0.2) is 12.3 Å². The molecule has 0 amide bonds. The fourth-order valence-corrected chi connectivity index (χ4v) is 2.16. The number of fused-ring (bicyclic) bond motifs is 1. The van der Waals surface area contributed by atoms with Crippen molar-refractivity contribution >= 4 is 0 Å². The predicted octanol–water partition coefficient (Wildman–Crippen LogP) is 2.77. The highest BCUT2D eigenvalue weighted by molar-refractivity contribution is 5.18. The van der Waals surface area contributed by atoms with Gasteiger partial charge in [-0.15, -0.1) is 0 Å². The summed E-state index contributed by atoms with van der Waals surface area (Å²) in [5.41, 5.74) is 3.14. The third-order valence-electron chi connectivity index (χ3n) is 3.23. The molecule has 0 fully saturated rings. The zero-order valence-corrected chi connectivity index (χ0v) is 9.08. The molecular formula is C12H18N2. The first-order chi connectivity index (χ1) is 6.67. The van der Waals surface area contributed by atoms with E-state index in [1.165, 1.54) is 30.5 Å². The summed E-state index contributed by atoms with van der Waals surface area (Å²) >= 11 is 0. The first-order valence-electron chi connectivity index (χ1n) is 5.47. The van der Waals surface area contributed by atoms with Crippen LogP contribution in [0.5, 0.6) is 0 Å². The number of nitrogens with zero attached hydrogens (tertiary/aromatic N) is 2. The van der Waals surface area contributed by atoms with Gasteiger partial charge in [-0.2, -0.15) is 10.2 Å². The quantitative estimate of drug-likeness (QED) is 0.628. The van der Waals surface area contributed by atoms with Gasteiger partial charge in [0, 0.05) is 6.20 Å². The second-order valence-electron chi connectivity index (χ2n) is 5.02. The van der Waals surface area contributed by atoms with Gasteiger partial charge in [-0.1, -0.05) is 13.8 Å². The van der Waals surface area contributed by atoms with Crippen molar-refractivity contribution in [1.82, 2.24) is 10.2 Å². The lowest BCUT2D eigenvalue weighted by Gasteiger charge is -2.27. The van der Waals surface area contributed by atoms with Crippen molar-refractivity contribution in [2.75, 3.05) is 0 Å². The van der Waals surface area contributed by atoms with Crippen molar-refractivity contribution in [3.05, 3.63) is 23.5 Å². The lowest BCUT2D eigenvalue weighted by Crippen LogP contribution is -2.16. The van der Waals surface area contributed by atoms with Crippen molar-refractivity contribution in [2.24, 2.45) is 5.41 Å². The van der Waals surface area contributed by atoms with Crippen molar-refractivity contribution in [3.8, 4) is 0 Å². The summed E-state index contributed by atoms with van der Waals surface area (Å²) in [6.45, 7) is 4.74. The van der Waals surface area contributed by atoms with E-state index in [0.717, 1.165) is 12.8 Å². The van der Waals surface area contributed by atoms with Crippen molar-refractivity contribution in [1.29, 1.82) is 0 Å². The molecule has 0 radical (unpaired) electrons. The molecule has 0 spiro atoms. The molecular weight excluding hydrogens is 172 g/mol. The maximum absolute atomic E-state index is 4.22. The maximum atomic E-state index is 4.22. The Labute approximate surface area is 85.8 Å². The smallest absolute Gasteiger partial charge is 0.0663 e. The monoisotopic (exact) mass is 190 g/mol. The average molecular weight is 190 g/mol. The van der Waals surface area contributed by atoms with Crippen LogP contribution in [0.2, 0.25) is 0 Å². The van der Waals surface area contributed by atoms with Gasteiger partial charge in [0.05, 0.1) is 5.69 Å². The van der Waals surface area contributed by atoms with Gasteiger partial charge in [-0.25, -0.2) is 0 Å². The second kappa shape index (κ2) is 3.68. The Morgan fingerprint density at radius 2 is 2.07 bits per heavy atom. The van der Waals surface area contributed by atoms with Gasteiger partial charge < -0.3 is 0 Å². The van der Waals surface area contributed by atoms with Crippen LogP contribution >= 0.6 is 0 Å². The number of hydrogen-bond donors (Lipinski definition) is 0. The molecule has 1 aromatic heterocycles. The van der Waals surface area contributed by atoms with Crippen molar-refractivity contribution < 1.29 is 0 Å². The van der Waals surface area contributed by atoms with Crippen LogP contribution < -0.4 is 0 Å². The van der Waals surface area contributed by atoms with E-state index in [1.54, 1.807) is 0 Å². The third-order valence-corrected chi connectivity index (χ3v) is 3.23. The fraction of sp³-hybridized carbons (Fsp3) is 0.667. The lowest BCUT2D eigenvalue weighted by molar-refractivity contribution is 0.292. The summed E-state index contributed by atoms with van der Waals surface area (Å²) in [6, 6.07) is 2.13. The largest absolute Gasteiger partial charge is 0.159 e. The van der Waals surface area contributed by atoms with E-state index in [0.29, 0.717) is 5.41 Å². The normalized spacial score (nSPS) is 20.7. The Balaban J connectivity index is 2.21. The molecule has 76 valence electrons. The first-order valence-corrected chi connectivity index (χ1v) is 5.47. The van der Waals surface area contributed by atoms with Crippen LogP contribution in [0.3, 0.4) is 0 Å². The zero-order valence-electron chi connectivity index (χ0n) is 9.08. The lowest BCUT2D eigenvalue weighted by atomic mass is 9.79. The van der Waals surface area contributed by atoms with Gasteiger partial charge in [0.15, 0.2) is 0 Å². The molecule has 0 saturated carbocycles. The standard InChI is InChI=1S/C12H18N2/c1-12(2)7-3-4-11-10(5-8-12)6-9-13-14-11/h6,9H,3-5,7-8H2,1-2H3. The van der Waals surface area contributed by atoms with Crippen LogP contribution in [0.4, 0.5) is 0 Å². The molecule has 2 heteroatoms. The van der Waals surface area contributed by atoms with Gasteiger partial charge in [0.25, 0.3) is 0 Å². The van der Waals surface area contributed by atoms with E-state index >= 15 is 0 Å². The summed E-state index contributed by atoms with van der Waals surface area (Å²) in [6.07, 6.45) is 7.91. The molecule has 0 unspecified atom stereocenters. The first kappa shape index (κ1) is 9.63. The zero-order chi connectivity index (χ0) is 10.0. The Hall–Kier alpha value is -0.920. The van der Waals surface area contributed by atoms with E-state index < -0.39 is 0 Å². The summed E-state index contributed by atoms with van der Waals surface area (Å²) in [4.78, 5) is 0. The molecule has 1 aliphatic rings. The summed E-state index contributed by atoms with van der Waals surface area (Å²) in [5, 5.41) is 8.18. The summed E-state index contributed by atoms with van der Waals surface area (Å²) in [7, 11) is 0. The average Bonchev–Trinajstić information content (AvgIpc) is 2.14. The molecule has 0 bridgehead atoms. The molecule has 14 heavy (non-hydrogen) atoms. The predicted molar refractivity (Wildman–Crippen MR) is 57.1 cm³/mol. The Morgan fingerprint density at radius 3 is 2.93 bits per heavy atom. The van der Waals surface area contributed by atoms with Crippen LogP contribution in [-0.2, 0) is 12.8 Å². The van der Waals surface area contributed by atoms with E-state index in [2.05, 4.69) is 30.1 Å². The van der Waals surface area contributed by atoms with Crippen LogP contribution in [-0.4, -0.2) is 10.2 Å². The molecule has 0 aromatic carbocycles. The highest BCUT2D eigenvalue weighted by atomic mass is 15.1. The van der Waals surface area contributed by atoms with E-state index in [9.17, 15) is 0 Å². The minimum Gasteiger partial charge on any atom is -0.159 e. The molecule has 0 aliphatic heterocycles. The van der Waals surface area contributed by atoms with Crippen LogP contribution in [0.1, 0.15) is 44.4 Å². The molecule has 2 rings (SSSR count). The Bertz CT molecular complexity index is 318. The third kappa shape index (κ3) is 2.11. The van der Waals surface area contributed by atoms with Gasteiger partial charge in [-0.3, -0.25) is 0 Å². The second-order valence-corrected chi connectivity index (χ2v) is 5.02. The van der Waals surface area contributed by atoms with Crippen LogP contribution in [0, 0.1) is 5.41 Å². The number of aryl methyl sites for hydroxylation is 2. The molecule has 1 aromatic rings. The maximum Gasteiger partial charge on any atom is 0.0663 e. The molecule has 0 atom stereocenters. The number of hydrogen-bond acceptors (Lipinski definition) is 2. The van der Waals surface area contributed by atoms with Gasteiger partial charge in [0.2, 0.25) is 0 Å². The van der Waals surface area contributed by atoms with Crippen molar-refractivity contribution in [3.63, 3.8) is 0 Å². The Morgan fingerprint density at radius 1 is 1.21 bits per heavy atom. The highest BCUT2D eigenvalue weighted by Gasteiger charge is 2.21. The molecule has 0 N–H and O–H groups in total. The van der Waals surface area contributed by atoms with E-state index in [4.69, 9.17) is 0 Å². The topological polar surface area (TPSA) is 25.8 Å². The minimum absolute atomic E-state index is 0.501. The van der Waals surface area contributed by atoms with Crippen LogP contribution in [0.25, 0.3) is 0 Å². The van der Waals surface area contributed by atoms with Gasteiger partial charge >= 0.3 is 0 Å². The number of rotatable bonds is 0. The summed E-state index contributed by atoms with van der Waals surface area (Å²) in [5.74, 6) is 0. The molecule has 0 saturated heterocycles. The fourth-order valence-electron chi connectivity index (χ4n) is 2.16. The van der Waals surface area contributed by atoms with E-state index in [-0.39, 0.29) is 0 Å². The van der Waals surface area contributed by atoms with Gasteiger partial charge in [0.1, 0.15) is 0 Å². The SMILES string of the molecule is CC1(C)CCCc2nnccc2CC1. The molecule has 2 nitrogen and oxygen atoms in total. The number of aromatic nitrogens is 2. The minimum atomic E-state index is 0.501.